The number of carbonyl (C=O) groups is 1. The van der Waals surface area contributed by atoms with Crippen molar-refractivity contribution in [3.05, 3.63) is 0 Å². The average Bonchev–Trinajstić information content (AvgIpc) is 2.77. The summed E-state index contributed by atoms with van der Waals surface area (Å²) in [5.74, 6) is -0.745. The fraction of sp³-hybridized carbons (Fsp3) is 0.963. The third-order valence-electron chi connectivity index (χ3n) is 6.91. The SMILES string of the molecule is CCCCCCCCCCCCCCCCCC[N+](CCO)(CCO)CCCCC(=O)O. The molecule has 0 atom stereocenters. The van der Waals surface area contributed by atoms with E-state index in [1.54, 1.807) is 0 Å². The highest BCUT2D eigenvalue weighted by Crippen LogP contribution is 2.16. The van der Waals surface area contributed by atoms with Gasteiger partial charge in [0.1, 0.15) is 13.1 Å². The van der Waals surface area contributed by atoms with Crippen molar-refractivity contribution < 1.29 is 24.6 Å². The van der Waals surface area contributed by atoms with Crippen molar-refractivity contribution in [2.45, 2.75) is 129 Å². The van der Waals surface area contributed by atoms with E-state index in [2.05, 4.69) is 6.92 Å². The molecule has 5 nitrogen and oxygen atoms in total. The fourth-order valence-electron chi connectivity index (χ4n) is 4.81. The summed E-state index contributed by atoms with van der Waals surface area (Å²) in [5.41, 5.74) is 0. The van der Waals surface area contributed by atoms with E-state index in [0.29, 0.717) is 19.5 Å². The lowest BCUT2D eigenvalue weighted by molar-refractivity contribution is -0.929. The molecule has 0 radical (unpaired) electrons. The number of hydrogen-bond donors (Lipinski definition) is 3. The Hall–Kier alpha value is -0.650. The molecule has 0 heterocycles. The summed E-state index contributed by atoms with van der Waals surface area (Å²) >= 11 is 0. The van der Waals surface area contributed by atoms with E-state index >= 15 is 0 Å². The van der Waals surface area contributed by atoms with Gasteiger partial charge in [0.15, 0.2) is 0 Å². The first-order chi connectivity index (χ1) is 15.6. The van der Waals surface area contributed by atoms with Gasteiger partial charge in [-0.05, 0) is 25.7 Å². The van der Waals surface area contributed by atoms with Gasteiger partial charge in [-0.15, -0.1) is 0 Å². The van der Waals surface area contributed by atoms with Crippen molar-refractivity contribution in [2.24, 2.45) is 0 Å². The summed E-state index contributed by atoms with van der Waals surface area (Å²) in [6, 6.07) is 0. The average molecular weight is 459 g/mol. The number of unbranched alkanes of at least 4 members (excludes halogenated alkanes) is 16. The van der Waals surface area contributed by atoms with Crippen LogP contribution in [0.15, 0.2) is 0 Å². The number of quaternary nitrogens is 1. The summed E-state index contributed by atoms with van der Waals surface area (Å²) in [4.78, 5) is 10.7. The Bertz CT molecular complexity index is 397. The smallest absolute Gasteiger partial charge is 0.303 e. The third-order valence-corrected chi connectivity index (χ3v) is 6.91. The van der Waals surface area contributed by atoms with Gasteiger partial charge in [0.25, 0.3) is 0 Å². The molecular weight excluding hydrogens is 402 g/mol. The maximum atomic E-state index is 10.7. The molecular formula is C27H56NO4+. The highest BCUT2D eigenvalue weighted by atomic mass is 16.4. The quantitative estimate of drug-likeness (QED) is 0.105. The number of rotatable bonds is 26. The minimum atomic E-state index is -0.745. The molecule has 0 aromatic heterocycles. The van der Waals surface area contributed by atoms with Crippen molar-refractivity contribution in [2.75, 3.05) is 39.4 Å². The molecule has 0 saturated heterocycles. The molecule has 0 fully saturated rings. The highest BCUT2D eigenvalue weighted by Gasteiger charge is 2.25. The first-order valence-corrected chi connectivity index (χ1v) is 13.9. The van der Waals surface area contributed by atoms with Crippen LogP contribution in [0.25, 0.3) is 0 Å². The zero-order valence-electron chi connectivity index (χ0n) is 21.4. The predicted octanol–water partition coefficient (Wildman–Crippen LogP) is 6.30. The van der Waals surface area contributed by atoms with Gasteiger partial charge in [-0.2, -0.15) is 0 Å². The largest absolute Gasteiger partial charge is 0.481 e. The van der Waals surface area contributed by atoms with Crippen LogP contribution in [-0.2, 0) is 4.79 Å². The number of aliphatic hydroxyl groups is 2. The van der Waals surface area contributed by atoms with Crippen molar-refractivity contribution >= 4 is 5.97 Å². The molecule has 0 unspecified atom stereocenters. The fourth-order valence-corrected chi connectivity index (χ4v) is 4.81. The number of aliphatic carboxylic acids is 1. The summed E-state index contributed by atoms with van der Waals surface area (Å²) in [6.07, 6.45) is 23.4. The van der Waals surface area contributed by atoms with Gasteiger partial charge < -0.3 is 19.8 Å². The first kappa shape index (κ1) is 31.4. The summed E-state index contributed by atoms with van der Waals surface area (Å²) in [5, 5.41) is 27.9. The maximum Gasteiger partial charge on any atom is 0.303 e. The summed E-state index contributed by atoms with van der Waals surface area (Å²) in [7, 11) is 0. The van der Waals surface area contributed by atoms with Crippen LogP contribution in [0.2, 0.25) is 0 Å². The highest BCUT2D eigenvalue weighted by molar-refractivity contribution is 5.66. The van der Waals surface area contributed by atoms with Gasteiger partial charge in [-0.25, -0.2) is 0 Å². The number of nitrogens with zero attached hydrogens (tertiary/aromatic N) is 1. The Labute approximate surface area is 199 Å². The van der Waals surface area contributed by atoms with E-state index < -0.39 is 5.97 Å². The van der Waals surface area contributed by atoms with Crippen molar-refractivity contribution in [1.29, 1.82) is 0 Å². The predicted molar refractivity (Wildman–Crippen MR) is 135 cm³/mol. The lowest BCUT2D eigenvalue weighted by Gasteiger charge is -2.38. The molecule has 0 amide bonds. The molecule has 0 saturated carbocycles. The summed E-state index contributed by atoms with van der Waals surface area (Å²) in [6.45, 7) is 5.67. The first-order valence-electron chi connectivity index (χ1n) is 13.9. The Morgan fingerprint density at radius 1 is 0.531 bits per heavy atom. The normalized spacial score (nSPS) is 11.8. The van der Waals surface area contributed by atoms with Crippen molar-refractivity contribution in [3.63, 3.8) is 0 Å². The Morgan fingerprint density at radius 2 is 0.875 bits per heavy atom. The zero-order valence-corrected chi connectivity index (χ0v) is 21.4. The third kappa shape index (κ3) is 20.0. The number of carboxylic acid groups (broad SMARTS) is 1. The van der Waals surface area contributed by atoms with E-state index in [-0.39, 0.29) is 19.6 Å². The molecule has 0 aromatic rings. The molecule has 0 spiro atoms. The molecule has 0 bridgehead atoms. The van der Waals surface area contributed by atoms with E-state index in [9.17, 15) is 15.0 Å². The van der Waals surface area contributed by atoms with Crippen LogP contribution in [0.5, 0.6) is 0 Å². The van der Waals surface area contributed by atoms with Crippen LogP contribution in [0.3, 0.4) is 0 Å². The van der Waals surface area contributed by atoms with Crippen LogP contribution in [0.4, 0.5) is 0 Å². The number of hydrogen-bond acceptors (Lipinski definition) is 3. The second-order valence-electron chi connectivity index (χ2n) is 9.84. The molecule has 0 aliphatic carbocycles. The van der Waals surface area contributed by atoms with Gasteiger partial charge in [0.2, 0.25) is 0 Å². The zero-order chi connectivity index (χ0) is 23.8. The van der Waals surface area contributed by atoms with Crippen LogP contribution < -0.4 is 0 Å². The molecule has 0 aromatic carbocycles. The topological polar surface area (TPSA) is 77.8 Å². The van der Waals surface area contributed by atoms with E-state index in [1.165, 1.54) is 96.3 Å². The molecule has 192 valence electrons. The minimum Gasteiger partial charge on any atom is -0.481 e. The van der Waals surface area contributed by atoms with Gasteiger partial charge in [-0.3, -0.25) is 4.79 Å². The lowest BCUT2D eigenvalue weighted by Crippen LogP contribution is -2.52. The second-order valence-corrected chi connectivity index (χ2v) is 9.84. The van der Waals surface area contributed by atoms with Gasteiger partial charge in [0, 0.05) is 6.42 Å². The summed E-state index contributed by atoms with van der Waals surface area (Å²) < 4.78 is 0.727. The molecule has 0 aliphatic rings. The molecule has 3 N–H and O–H groups in total. The number of aliphatic hydroxyl groups excluding tert-OH is 2. The van der Waals surface area contributed by atoms with Crippen LogP contribution in [-0.4, -0.2) is 65.2 Å². The standard InChI is InChI=1S/C27H55NO4/c1-2-3-4-5-6-7-8-9-10-11-12-13-14-15-16-18-21-28(23-25-29,24-26-30)22-19-17-20-27(31)32/h29-30H,2-26H2,1H3/p+1. The number of carboxylic acids is 1. The Morgan fingerprint density at radius 3 is 1.22 bits per heavy atom. The van der Waals surface area contributed by atoms with Crippen LogP contribution >= 0.6 is 0 Å². The lowest BCUT2D eigenvalue weighted by atomic mass is 10.0. The van der Waals surface area contributed by atoms with Gasteiger partial charge in [0.05, 0.1) is 26.3 Å². The van der Waals surface area contributed by atoms with Crippen LogP contribution in [0.1, 0.15) is 129 Å². The maximum absolute atomic E-state index is 10.7. The Balaban J connectivity index is 3.72. The second kappa shape index (κ2) is 23.5. The monoisotopic (exact) mass is 458 g/mol. The minimum absolute atomic E-state index is 0.123. The van der Waals surface area contributed by atoms with E-state index in [0.717, 1.165) is 30.4 Å². The van der Waals surface area contributed by atoms with Crippen LogP contribution in [0, 0.1) is 0 Å². The van der Waals surface area contributed by atoms with Crippen molar-refractivity contribution in [3.8, 4) is 0 Å². The van der Waals surface area contributed by atoms with Crippen molar-refractivity contribution in [1.82, 2.24) is 0 Å². The Kier molecular flexibility index (Phi) is 23.0. The van der Waals surface area contributed by atoms with Gasteiger partial charge >= 0.3 is 5.97 Å². The molecule has 0 rings (SSSR count). The molecule has 32 heavy (non-hydrogen) atoms. The van der Waals surface area contributed by atoms with E-state index in [4.69, 9.17) is 5.11 Å². The molecule has 0 aliphatic heterocycles. The van der Waals surface area contributed by atoms with E-state index in [1.807, 2.05) is 0 Å². The molecule has 5 heteroatoms. The van der Waals surface area contributed by atoms with Gasteiger partial charge in [-0.1, -0.05) is 96.8 Å².